The predicted molar refractivity (Wildman–Crippen MR) is 65.0 cm³/mol. The van der Waals surface area contributed by atoms with Crippen LogP contribution in [0.5, 0.6) is 0 Å². The Morgan fingerprint density at radius 2 is 1.88 bits per heavy atom. The largest absolute Gasteiger partial charge is 0.354 e. The van der Waals surface area contributed by atoms with E-state index in [0.717, 1.165) is 19.3 Å². The number of carbonyl (C=O) groups is 1. The molecule has 2 aliphatic carbocycles. The van der Waals surface area contributed by atoms with Gasteiger partial charge in [-0.2, -0.15) is 0 Å². The highest BCUT2D eigenvalue weighted by Crippen LogP contribution is 2.29. The van der Waals surface area contributed by atoms with Gasteiger partial charge in [-0.25, -0.2) is 0 Å². The van der Waals surface area contributed by atoms with Gasteiger partial charge in [-0.1, -0.05) is 25.7 Å². The van der Waals surface area contributed by atoms with E-state index in [1.165, 1.54) is 38.5 Å². The molecule has 0 radical (unpaired) electrons. The molecule has 3 heteroatoms. The number of amides is 1. The molecule has 2 saturated carbocycles. The zero-order chi connectivity index (χ0) is 11.4. The monoisotopic (exact) mass is 224 g/mol. The van der Waals surface area contributed by atoms with Crippen LogP contribution in [0.3, 0.4) is 0 Å². The van der Waals surface area contributed by atoms with Crippen LogP contribution in [0, 0.1) is 5.92 Å². The van der Waals surface area contributed by atoms with Gasteiger partial charge in [0.2, 0.25) is 5.91 Å². The summed E-state index contributed by atoms with van der Waals surface area (Å²) in [5, 5.41) is 3.03. The summed E-state index contributed by atoms with van der Waals surface area (Å²) in [5.41, 5.74) is 6.15. The Bertz CT molecular complexity index is 242. The van der Waals surface area contributed by atoms with Crippen LogP contribution in [-0.4, -0.2) is 18.0 Å². The predicted octanol–water partition coefficient (Wildman–Crippen LogP) is 1.95. The maximum Gasteiger partial charge on any atom is 0.220 e. The minimum Gasteiger partial charge on any atom is -0.354 e. The van der Waals surface area contributed by atoms with E-state index in [2.05, 4.69) is 5.32 Å². The summed E-state index contributed by atoms with van der Waals surface area (Å²) in [6.45, 7) is 0.679. The lowest BCUT2D eigenvalue weighted by Gasteiger charge is -2.34. The standard InChI is InChI=1S/C13H24N2O/c14-13(7-2-1-3-8-13)10-15-12(16)9-11-5-4-6-11/h11H,1-10,14H2,(H,15,16). The third-order valence-electron chi connectivity index (χ3n) is 4.19. The molecule has 2 rings (SSSR count). The van der Waals surface area contributed by atoms with Crippen LogP contribution in [0.25, 0.3) is 0 Å². The molecule has 3 N–H and O–H groups in total. The molecule has 0 bridgehead atoms. The van der Waals surface area contributed by atoms with Crippen molar-refractivity contribution in [2.45, 2.75) is 63.3 Å². The highest BCUT2D eigenvalue weighted by molar-refractivity contribution is 5.76. The summed E-state index contributed by atoms with van der Waals surface area (Å²) in [6.07, 6.45) is 10.4. The molecule has 2 fully saturated rings. The fraction of sp³-hybridized carbons (Fsp3) is 0.923. The molecule has 0 atom stereocenters. The van der Waals surface area contributed by atoms with Crippen LogP contribution >= 0.6 is 0 Å². The fourth-order valence-electron chi connectivity index (χ4n) is 2.74. The lowest BCUT2D eigenvalue weighted by Crippen LogP contribution is -2.51. The van der Waals surface area contributed by atoms with Crippen molar-refractivity contribution in [1.82, 2.24) is 5.32 Å². The van der Waals surface area contributed by atoms with Gasteiger partial charge in [0.15, 0.2) is 0 Å². The summed E-state index contributed by atoms with van der Waals surface area (Å²) in [5.74, 6) is 0.861. The topological polar surface area (TPSA) is 55.1 Å². The van der Waals surface area contributed by atoms with Crippen molar-refractivity contribution in [2.75, 3.05) is 6.54 Å². The SMILES string of the molecule is NC1(CNC(=O)CC2CCC2)CCCCC1. The van der Waals surface area contributed by atoms with Gasteiger partial charge in [-0.05, 0) is 31.6 Å². The zero-order valence-electron chi connectivity index (χ0n) is 10.1. The molecule has 3 nitrogen and oxygen atoms in total. The third kappa shape index (κ3) is 3.21. The van der Waals surface area contributed by atoms with Crippen molar-refractivity contribution in [3.8, 4) is 0 Å². The Morgan fingerprint density at radius 3 is 2.44 bits per heavy atom. The zero-order valence-corrected chi connectivity index (χ0v) is 10.1. The summed E-state index contributed by atoms with van der Waals surface area (Å²) in [6, 6.07) is 0. The first-order valence-corrected chi connectivity index (χ1v) is 6.74. The van der Waals surface area contributed by atoms with Crippen molar-refractivity contribution in [3.05, 3.63) is 0 Å². The molecular formula is C13H24N2O. The summed E-state index contributed by atoms with van der Waals surface area (Å²) < 4.78 is 0. The fourth-order valence-corrected chi connectivity index (χ4v) is 2.74. The maximum atomic E-state index is 11.7. The number of hydrogen-bond donors (Lipinski definition) is 2. The molecule has 92 valence electrons. The van der Waals surface area contributed by atoms with Crippen molar-refractivity contribution < 1.29 is 4.79 Å². The molecule has 0 spiro atoms. The highest BCUT2D eigenvalue weighted by Gasteiger charge is 2.28. The lowest BCUT2D eigenvalue weighted by atomic mass is 9.81. The van der Waals surface area contributed by atoms with Crippen LogP contribution in [-0.2, 0) is 4.79 Å². The normalized spacial score (nSPS) is 24.8. The minimum atomic E-state index is -0.118. The number of nitrogens with one attached hydrogen (secondary N) is 1. The first-order chi connectivity index (χ1) is 7.68. The van der Waals surface area contributed by atoms with Gasteiger partial charge in [0.05, 0.1) is 0 Å². The van der Waals surface area contributed by atoms with Gasteiger partial charge < -0.3 is 11.1 Å². The summed E-state index contributed by atoms with van der Waals surface area (Å²) in [4.78, 5) is 11.7. The van der Waals surface area contributed by atoms with E-state index in [0.29, 0.717) is 12.5 Å². The van der Waals surface area contributed by atoms with Gasteiger partial charge in [0.1, 0.15) is 0 Å². The number of rotatable bonds is 4. The Kier molecular flexibility index (Phi) is 3.85. The van der Waals surface area contributed by atoms with E-state index in [1.54, 1.807) is 0 Å². The molecule has 0 unspecified atom stereocenters. The second kappa shape index (κ2) is 5.17. The average molecular weight is 224 g/mol. The van der Waals surface area contributed by atoms with Crippen molar-refractivity contribution in [3.63, 3.8) is 0 Å². The molecule has 0 aliphatic heterocycles. The molecule has 0 saturated heterocycles. The van der Waals surface area contributed by atoms with Crippen LogP contribution in [0.15, 0.2) is 0 Å². The second-order valence-electron chi connectivity index (χ2n) is 5.70. The Balaban J connectivity index is 1.66. The number of carbonyl (C=O) groups excluding carboxylic acids is 1. The molecule has 0 heterocycles. The average Bonchev–Trinajstić information content (AvgIpc) is 2.22. The van der Waals surface area contributed by atoms with Gasteiger partial charge >= 0.3 is 0 Å². The minimum absolute atomic E-state index is 0.118. The van der Waals surface area contributed by atoms with E-state index in [1.807, 2.05) is 0 Å². The van der Waals surface area contributed by atoms with Gasteiger partial charge in [-0.15, -0.1) is 0 Å². The molecule has 0 aromatic rings. The number of hydrogen-bond acceptors (Lipinski definition) is 2. The number of nitrogens with two attached hydrogens (primary N) is 1. The lowest BCUT2D eigenvalue weighted by molar-refractivity contribution is -0.122. The Labute approximate surface area is 98.2 Å². The van der Waals surface area contributed by atoms with Gasteiger partial charge in [-0.3, -0.25) is 4.79 Å². The Morgan fingerprint density at radius 1 is 1.19 bits per heavy atom. The second-order valence-corrected chi connectivity index (χ2v) is 5.70. The van der Waals surface area contributed by atoms with Crippen molar-refractivity contribution in [2.24, 2.45) is 11.7 Å². The van der Waals surface area contributed by atoms with Gasteiger partial charge in [0, 0.05) is 18.5 Å². The van der Waals surface area contributed by atoms with Crippen LogP contribution in [0.2, 0.25) is 0 Å². The highest BCUT2D eigenvalue weighted by atomic mass is 16.1. The molecule has 1 amide bonds. The van der Waals surface area contributed by atoms with Gasteiger partial charge in [0.25, 0.3) is 0 Å². The van der Waals surface area contributed by atoms with E-state index in [4.69, 9.17) is 5.73 Å². The smallest absolute Gasteiger partial charge is 0.220 e. The van der Waals surface area contributed by atoms with Crippen molar-refractivity contribution >= 4 is 5.91 Å². The summed E-state index contributed by atoms with van der Waals surface area (Å²) >= 11 is 0. The summed E-state index contributed by atoms with van der Waals surface area (Å²) in [7, 11) is 0. The van der Waals surface area contributed by atoms with E-state index in [-0.39, 0.29) is 11.4 Å². The van der Waals surface area contributed by atoms with Crippen molar-refractivity contribution in [1.29, 1.82) is 0 Å². The molecule has 0 aromatic carbocycles. The van der Waals surface area contributed by atoms with Crippen LogP contribution < -0.4 is 11.1 Å². The molecular weight excluding hydrogens is 200 g/mol. The van der Waals surface area contributed by atoms with Crippen LogP contribution in [0.1, 0.15) is 57.8 Å². The Hall–Kier alpha value is -0.570. The first kappa shape index (κ1) is 11.9. The third-order valence-corrected chi connectivity index (χ3v) is 4.19. The quantitative estimate of drug-likeness (QED) is 0.767. The molecule has 0 aromatic heterocycles. The molecule has 2 aliphatic rings. The van der Waals surface area contributed by atoms with E-state index < -0.39 is 0 Å². The first-order valence-electron chi connectivity index (χ1n) is 6.74. The van der Waals surface area contributed by atoms with Crippen LogP contribution in [0.4, 0.5) is 0 Å². The maximum absolute atomic E-state index is 11.7. The molecule has 16 heavy (non-hydrogen) atoms. The van der Waals surface area contributed by atoms with E-state index in [9.17, 15) is 4.79 Å². The van der Waals surface area contributed by atoms with E-state index >= 15 is 0 Å².